The first kappa shape index (κ1) is 11.9. The summed E-state index contributed by atoms with van der Waals surface area (Å²) in [6, 6.07) is 5.71. The predicted octanol–water partition coefficient (Wildman–Crippen LogP) is 0.00812. The Morgan fingerprint density at radius 3 is 2.76 bits per heavy atom. The zero-order chi connectivity index (χ0) is 12.3. The Hall–Kier alpha value is -1.59. The average molecular weight is 234 g/mol. The monoisotopic (exact) mass is 234 g/mol. The quantitative estimate of drug-likeness (QED) is 0.383. The van der Waals surface area contributed by atoms with Gasteiger partial charge in [-0.25, -0.2) is 5.84 Å². The molecule has 1 aliphatic heterocycles. The Balaban J connectivity index is 2.39. The van der Waals surface area contributed by atoms with Crippen molar-refractivity contribution in [3.8, 4) is 0 Å². The summed E-state index contributed by atoms with van der Waals surface area (Å²) >= 11 is 0. The molecule has 0 aliphatic carbocycles. The topological polar surface area (TPSA) is 70.4 Å². The Kier molecular flexibility index (Phi) is 3.61. The number of anilines is 1. The van der Waals surface area contributed by atoms with Gasteiger partial charge in [0.2, 0.25) is 0 Å². The van der Waals surface area contributed by atoms with Crippen molar-refractivity contribution < 1.29 is 4.79 Å². The van der Waals surface area contributed by atoms with Crippen LogP contribution in [0, 0.1) is 6.92 Å². The van der Waals surface area contributed by atoms with Crippen LogP contribution in [0.1, 0.15) is 15.9 Å². The molecule has 0 radical (unpaired) electrons. The molecule has 1 fully saturated rings. The van der Waals surface area contributed by atoms with Gasteiger partial charge < -0.3 is 10.2 Å². The zero-order valence-corrected chi connectivity index (χ0v) is 9.99. The number of nitrogens with one attached hydrogen (secondary N) is 2. The largest absolute Gasteiger partial charge is 0.368 e. The lowest BCUT2D eigenvalue weighted by atomic mass is 10.1. The lowest BCUT2D eigenvalue weighted by Gasteiger charge is -2.32. The summed E-state index contributed by atoms with van der Waals surface area (Å²) in [7, 11) is 0. The highest BCUT2D eigenvalue weighted by atomic mass is 16.2. The van der Waals surface area contributed by atoms with Gasteiger partial charge in [-0.3, -0.25) is 10.2 Å². The van der Waals surface area contributed by atoms with Crippen LogP contribution in [-0.4, -0.2) is 32.1 Å². The molecule has 1 aliphatic rings. The SMILES string of the molecule is Cc1cccc(C(=O)NN)c1N1CCNCC1. The van der Waals surface area contributed by atoms with Crippen LogP contribution in [0.5, 0.6) is 0 Å². The lowest BCUT2D eigenvalue weighted by Crippen LogP contribution is -2.45. The van der Waals surface area contributed by atoms with Crippen LogP contribution in [0.2, 0.25) is 0 Å². The van der Waals surface area contributed by atoms with Crippen molar-refractivity contribution in [3.63, 3.8) is 0 Å². The molecular formula is C12H18N4O. The fourth-order valence-corrected chi connectivity index (χ4v) is 2.23. The number of rotatable bonds is 2. The van der Waals surface area contributed by atoms with Crippen molar-refractivity contribution in [1.29, 1.82) is 0 Å². The third-order valence-electron chi connectivity index (χ3n) is 3.05. The van der Waals surface area contributed by atoms with Crippen molar-refractivity contribution >= 4 is 11.6 Å². The summed E-state index contributed by atoms with van der Waals surface area (Å²) in [6.07, 6.45) is 0. The van der Waals surface area contributed by atoms with E-state index in [1.54, 1.807) is 0 Å². The van der Waals surface area contributed by atoms with Crippen LogP contribution in [-0.2, 0) is 0 Å². The third kappa shape index (κ3) is 2.40. The van der Waals surface area contributed by atoms with E-state index < -0.39 is 0 Å². The maximum absolute atomic E-state index is 11.8. The van der Waals surface area contributed by atoms with E-state index >= 15 is 0 Å². The summed E-state index contributed by atoms with van der Waals surface area (Å²) in [5.41, 5.74) is 4.96. The van der Waals surface area contributed by atoms with Crippen molar-refractivity contribution in [1.82, 2.24) is 10.7 Å². The molecule has 1 amide bonds. The van der Waals surface area contributed by atoms with Gasteiger partial charge >= 0.3 is 0 Å². The Morgan fingerprint density at radius 1 is 1.41 bits per heavy atom. The number of nitrogens with zero attached hydrogens (tertiary/aromatic N) is 1. The molecule has 0 spiro atoms. The van der Waals surface area contributed by atoms with E-state index in [2.05, 4.69) is 15.6 Å². The molecule has 1 saturated heterocycles. The smallest absolute Gasteiger partial charge is 0.267 e. The summed E-state index contributed by atoms with van der Waals surface area (Å²) in [5.74, 6) is 4.99. The highest BCUT2D eigenvalue weighted by Crippen LogP contribution is 2.25. The second-order valence-corrected chi connectivity index (χ2v) is 4.18. The normalized spacial score (nSPS) is 15.8. The first-order valence-electron chi connectivity index (χ1n) is 5.80. The number of hydrogen-bond donors (Lipinski definition) is 3. The third-order valence-corrected chi connectivity index (χ3v) is 3.05. The Bertz CT molecular complexity index is 413. The van der Waals surface area contributed by atoms with Crippen LogP contribution in [0.25, 0.3) is 0 Å². The van der Waals surface area contributed by atoms with Gasteiger partial charge in [0, 0.05) is 26.2 Å². The number of hydrazine groups is 1. The Labute approximate surface area is 101 Å². The second kappa shape index (κ2) is 5.16. The van der Waals surface area contributed by atoms with Crippen molar-refractivity contribution in [3.05, 3.63) is 29.3 Å². The summed E-state index contributed by atoms with van der Waals surface area (Å²) < 4.78 is 0. The van der Waals surface area contributed by atoms with E-state index in [1.807, 2.05) is 25.1 Å². The van der Waals surface area contributed by atoms with E-state index in [0.717, 1.165) is 37.4 Å². The fourth-order valence-electron chi connectivity index (χ4n) is 2.23. The van der Waals surface area contributed by atoms with E-state index in [-0.39, 0.29) is 5.91 Å². The molecule has 0 bridgehead atoms. The molecule has 5 nitrogen and oxygen atoms in total. The summed E-state index contributed by atoms with van der Waals surface area (Å²) in [6.45, 7) is 5.73. The van der Waals surface area contributed by atoms with Crippen LogP contribution < -0.4 is 21.5 Å². The Morgan fingerprint density at radius 2 is 2.12 bits per heavy atom. The van der Waals surface area contributed by atoms with Crippen LogP contribution in [0.15, 0.2) is 18.2 Å². The minimum absolute atomic E-state index is 0.234. The van der Waals surface area contributed by atoms with Crippen molar-refractivity contribution in [2.24, 2.45) is 5.84 Å². The molecule has 2 rings (SSSR count). The van der Waals surface area contributed by atoms with Crippen molar-refractivity contribution in [2.45, 2.75) is 6.92 Å². The van der Waals surface area contributed by atoms with Gasteiger partial charge in [-0.15, -0.1) is 0 Å². The number of piperazine rings is 1. The molecule has 5 heteroatoms. The molecule has 92 valence electrons. The molecule has 1 aromatic rings. The number of nitrogen functional groups attached to an aromatic ring is 1. The maximum Gasteiger partial charge on any atom is 0.267 e. The van der Waals surface area contributed by atoms with Gasteiger partial charge in [0.15, 0.2) is 0 Å². The fraction of sp³-hybridized carbons (Fsp3) is 0.417. The highest BCUT2D eigenvalue weighted by Gasteiger charge is 2.19. The molecule has 0 unspecified atom stereocenters. The minimum Gasteiger partial charge on any atom is -0.368 e. The molecular weight excluding hydrogens is 216 g/mol. The number of carbonyl (C=O) groups excluding carboxylic acids is 1. The molecule has 0 saturated carbocycles. The van der Waals surface area contributed by atoms with Gasteiger partial charge in [-0.05, 0) is 18.6 Å². The number of carbonyl (C=O) groups is 1. The number of hydrogen-bond acceptors (Lipinski definition) is 4. The number of nitrogens with two attached hydrogens (primary N) is 1. The predicted molar refractivity (Wildman–Crippen MR) is 67.9 cm³/mol. The number of para-hydroxylation sites is 1. The van der Waals surface area contributed by atoms with Gasteiger partial charge in [0.1, 0.15) is 0 Å². The first-order valence-corrected chi connectivity index (χ1v) is 5.80. The molecule has 17 heavy (non-hydrogen) atoms. The molecule has 1 heterocycles. The van der Waals surface area contributed by atoms with Gasteiger partial charge in [-0.1, -0.05) is 12.1 Å². The maximum atomic E-state index is 11.8. The average Bonchev–Trinajstić information content (AvgIpc) is 2.38. The van der Waals surface area contributed by atoms with Gasteiger partial charge in [-0.2, -0.15) is 0 Å². The number of amides is 1. The van der Waals surface area contributed by atoms with E-state index in [4.69, 9.17) is 5.84 Å². The highest BCUT2D eigenvalue weighted by molar-refractivity contribution is 6.00. The summed E-state index contributed by atoms with van der Waals surface area (Å²) in [5, 5.41) is 3.30. The van der Waals surface area contributed by atoms with E-state index in [9.17, 15) is 4.79 Å². The van der Waals surface area contributed by atoms with E-state index in [0.29, 0.717) is 5.56 Å². The second-order valence-electron chi connectivity index (χ2n) is 4.18. The number of benzene rings is 1. The number of aryl methyl sites for hydroxylation is 1. The van der Waals surface area contributed by atoms with E-state index in [1.165, 1.54) is 0 Å². The van der Waals surface area contributed by atoms with Crippen LogP contribution >= 0.6 is 0 Å². The van der Waals surface area contributed by atoms with Gasteiger partial charge in [0.25, 0.3) is 5.91 Å². The zero-order valence-electron chi connectivity index (χ0n) is 9.99. The van der Waals surface area contributed by atoms with Crippen LogP contribution in [0.3, 0.4) is 0 Å². The first-order chi connectivity index (χ1) is 8.24. The van der Waals surface area contributed by atoms with Crippen molar-refractivity contribution in [2.75, 3.05) is 31.1 Å². The minimum atomic E-state index is -0.234. The molecule has 1 aromatic carbocycles. The van der Waals surface area contributed by atoms with Gasteiger partial charge in [0.05, 0.1) is 11.3 Å². The van der Waals surface area contributed by atoms with Crippen LogP contribution in [0.4, 0.5) is 5.69 Å². The molecule has 0 aromatic heterocycles. The standard InChI is InChI=1S/C12H18N4O/c1-9-3-2-4-10(12(17)15-13)11(9)16-7-5-14-6-8-16/h2-4,14H,5-8,13H2,1H3,(H,15,17). The summed E-state index contributed by atoms with van der Waals surface area (Å²) in [4.78, 5) is 14.0. The molecule has 4 N–H and O–H groups in total. The lowest BCUT2D eigenvalue weighted by molar-refractivity contribution is 0.0954. The molecule has 0 atom stereocenters.